The molecule has 0 aliphatic heterocycles. The van der Waals surface area contributed by atoms with E-state index in [1.807, 2.05) is 0 Å². The Balaban J connectivity index is 2.47. The van der Waals surface area contributed by atoms with E-state index in [4.69, 9.17) is 5.73 Å². The molecule has 10 heavy (non-hydrogen) atoms. The molecule has 0 amide bonds. The van der Waals surface area contributed by atoms with Crippen LogP contribution in [0.1, 0.15) is 5.69 Å². The summed E-state index contributed by atoms with van der Waals surface area (Å²) < 4.78 is 0. The molecule has 1 unspecified atom stereocenters. The molecule has 0 aliphatic rings. The van der Waals surface area contributed by atoms with E-state index in [0.717, 1.165) is 12.0 Å². The van der Waals surface area contributed by atoms with Crippen LogP contribution in [0.4, 0.5) is 0 Å². The summed E-state index contributed by atoms with van der Waals surface area (Å²) in [6, 6.07) is -0.396. The van der Waals surface area contributed by atoms with Gasteiger partial charge in [0.1, 0.15) is 18.2 Å². The highest BCUT2D eigenvalue weighted by molar-refractivity contribution is 5.57. The zero-order chi connectivity index (χ0) is 7.40. The van der Waals surface area contributed by atoms with Gasteiger partial charge in [-0.05, 0) is 0 Å². The van der Waals surface area contributed by atoms with Crippen molar-refractivity contribution in [3.63, 3.8) is 0 Å². The Morgan fingerprint density at radius 3 is 3.20 bits per heavy atom. The maximum atomic E-state index is 10.1. The highest BCUT2D eigenvalue weighted by Gasteiger charge is 2.05. The van der Waals surface area contributed by atoms with Gasteiger partial charge in [0.05, 0.1) is 6.04 Å². The smallest absolute Gasteiger partial charge is 0.239 e. The minimum atomic E-state index is -0.396. The molecule has 0 spiro atoms. The first-order valence-corrected chi connectivity index (χ1v) is 3.07. The molecule has 1 heterocycles. The van der Waals surface area contributed by atoms with Gasteiger partial charge in [0.15, 0.2) is 0 Å². The second-order valence-electron chi connectivity index (χ2n) is 2.13. The highest BCUT2D eigenvalue weighted by Crippen LogP contribution is 1.90. The van der Waals surface area contributed by atoms with Crippen molar-refractivity contribution in [3.8, 4) is 0 Å². The van der Waals surface area contributed by atoms with E-state index in [0.29, 0.717) is 6.42 Å². The average molecular weight is 140 g/mol. The number of H-pyrrole nitrogens is 2. The molecule has 4 N–H and O–H groups in total. The number of aromatic amines is 2. The van der Waals surface area contributed by atoms with Crippen molar-refractivity contribution in [1.29, 1.82) is 0 Å². The molecule has 0 saturated carbocycles. The highest BCUT2D eigenvalue weighted by atomic mass is 16.1. The van der Waals surface area contributed by atoms with Crippen LogP contribution in [0, 0.1) is 0 Å². The van der Waals surface area contributed by atoms with Crippen molar-refractivity contribution in [2.45, 2.75) is 12.5 Å². The van der Waals surface area contributed by atoms with Gasteiger partial charge in [0.2, 0.25) is 6.33 Å². The van der Waals surface area contributed by atoms with Gasteiger partial charge in [0, 0.05) is 6.42 Å². The second kappa shape index (κ2) is 3.12. The number of hydrogen-bond acceptors (Lipinski definition) is 2. The van der Waals surface area contributed by atoms with E-state index in [9.17, 15) is 4.79 Å². The zero-order valence-corrected chi connectivity index (χ0v) is 5.50. The van der Waals surface area contributed by atoms with E-state index in [1.165, 1.54) is 0 Å². The number of nitrogens with one attached hydrogen (secondary N) is 2. The van der Waals surface area contributed by atoms with Crippen molar-refractivity contribution in [2.75, 3.05) is 0 Å². The SMILES string of the molecule is NC(C=O)Cc1c[nH+]c[nH]1. The second-order valence-corrected chi connectivity index (χ2v) is 2.13. The monoisotopic (exact) mass is 140 g/mol. The number of nitrogens with two attached hydrogens (primary N) is 1. The molecule has 1 aromatic heterocycles. The summed E-state index contributed by atoms with van der Waals surface area (Å²) in [5.74, 6) is 0. The Morgan fingerprint density at radius 1 is 1.90 bits per heavy atom. The van der Waals surface area contributed by atoms with E-state index < -0.39 is 6.04 Å². The fourth-order valence-corrected chi connectivity index (χ4v) is 0.738. The van der Waals surface area contributed by atoms with Crippen LogP contribution in [0.5, 0.6) is 0 Å². The lowest BCUT2D eigenvalue weighted by Gasteiger charge is -1.95. The average Bonchev–Trinajstić information content (AvgIpc) is 2.40. The van der Waals surface area contributed by atoms with Crippen LogP contribution in [0.25, 0.3) is 0 Å². The van der Waals surface area contributed by atoms with Crippen LogP contribution < -0.4 is 10.7 Å². The Labute approximate surface area is 58.5 Å². The summed E-state index contributed by atoms with van der Waals surface area (Å²) in [4.78, 5) is 15.8. The molecule has 1 atom stereocenters. The lowest BCUT2D eigenvalue weighted by atomic mass is 10.2. The molecule has 54 valence electrons. The molecule has 1 rings (SSSR count). The molecule has 0 saturated heterocycles. The largest absolute Gasteiger partial charge is 0.321 e. The Bertz CT molecular complexity index is 195. The predicted octanol–water partition coefficient (Wildman–Crippen LogP) is -1.10. The van der Waals surface area contributed by atoms with Crippen LogP contribution in [0.15, 0.2) is 12.5 Å². The lowest BCUT2D eigenvalue weighted by molar-refractivity contribution is -0.376. The number of carbonyl (C=O) groups excluding carboxylic acids is 1. The first-order valence-electron chi connectivity index (χ1n) is 3.07. The third kappa shape index (κ3) is 1.66. The molecule has 4 nitrogen and oxygen atoms in total. The fourth-order valence-electron chi connectivity index (χ4n) is 0.738. The van der Waals surface area contributed by atoms with E-state index >= 15 is 0 Å². The van der Waals surface area contributed by atoms with Gasteiger partial charge in [-0.2, -0.15) is 0 Å². The first kappa shape index (κ1) is 6.95. The Morgan fingerprint density at radius 2 is 2.70 bits per heavy atom. The maximum Gasteiger partial charge on any atom is 0.239 e. The summed E-state index contributed by atoms with van der Waals surface area (Å²) >= 11 is 0. The van der Waals surface area contributed by atoms with Crippen LogP contribution in [0.2, 0.25) is 0 Å². The van der Waals surface area contributed by atoms with Gasteiger partial charge in [-0.3, -0.25) is 4.98 Å². The molecule has 1 aromatic rings. The van der Waals surface area contributed by atoms with E-state index in [2.05, 4.69) is 9.97 Å². The van der Waals surface area contributed by atoms with Crippen LogP contribution in [-0.4, -0.2) is 17.3 Å². The molecule has 0 aromatic carbocycles. The van der Waals surface area contributed by atoms with Crippen LogP contribution >= 0.6 is 0 Å². The van der Waals surface area contributed by atoms with Crippen molar-refractivity contribution < 1.29 is 9.78 Å². The predicted molar refractivity (Wildman–Crippen MR) is 35.1 cm³/mol. The molecular weight excluding hydrogens is 130 g/mol. The van der Waals surface area contributed by atoms with Gasteiger partial charge in [-0.15, -0.1) is 0 Å². The zero-order valence-electron chi connectivity index (χ0n) is 5.50. The number of aldehydes is 1. The first-order chi connectivity index (χ1) is 4.83. The van der Waals surface area contributed by atoms with Gasteiger partial charge in [0.25, 0.3) is 0 Å². The third-order valence-corrected chi connectivity index (χ3v) is 1.23. The molecular formula is C6H10N3O+. The van der Waals surface area contributed by atoms with E-state index in [1.54, 1.807) is 12.5 Å². The third-order valence-electron chi connectivity index (χ3n) is 1.23. The molecule has 0 fully saturated rings. The number of hydrogen-bond donors (Lipinski definition) is 2. The number of aromatic nitrogens is 2. The summed E-state index contributed by atoms with van der Waals surface area (Å²) in [7, 11) is 0. The quantitative estimate of drug-likeness (QED) is 0.523. The summed E-state index contributed by atoms with van der Waals surface area (Å²) in [6.45, 7) is 0. The topological polar surface area (TPSA) is 73.0 Å². The molecule has 0 bridgehead atoms. The fraction of sp³-hybridized carbons (Fsp3) is 0.333. The molecule has 4 heteroatoms. The van der Waals surface area contributed by atoms with Crippen molar-refractivity contribution in [1.82, 2.24) is 4.98 Å². The summed E-state index contributed by atoms with van der Waals surface area (Å²) in [6.07, 6.45) is 4.77. The van der Waals surface area contributed by atoms with Gasteiger partial charge in [-0.25, -0.2) is 4.98 Å². The Hall–Kier alpha value is -1.16. The van der Waals surface area contributed by atoms with E-state index in [-0.39, 0.29) is 0 Å². The summed E-state index contributed by atoms with van der Waals surface area (Å²) in [5, 5.41) is 0. The molecule has 0 aliphatic carbocycles. The van der Waals surface area contributed by atoms with Gasteiger partial charge < -0.3 is 10.5 Å². The molecule has 0 radical (unpaired) electrons. The standard InChI is InChI=1S/C6H9N3O/c7-5(3-10)1-6-2-8-4-9-6/h2-5H,1,7H2,(H,8,9)/p+1. The Kier molecular flexibility index (Phi) is 2.17. The number of rotatable bonds is 3. The van der Waals surface area contributed by atoms with Crippen molar-refractivity contribution in [2.24, 2.45) is 5.73 Å². The number of carbonyl (C=O) groups is 1. The van der Waals surface area contributed by atoms with Crippen molar-refractivity contribution >= 4 is 6.29 Å². The van der Waals surface area contributed by atoms with Crippen LogP contribution in [-0.2, 0) is 11.2 Å². The van der Waals surface area contributed by atoms with Gasteiger partial charge in [-0.1, -0.05) is 0 Å². The minimum absolute atomic E-state index is 0.396. The van der Waals surface area contributed by atoms with Gasteiger partial charge >= 0.3 is 0 Å². The summed E-state index contributed by atoms with van der Waals surface area (Å²) in [5.41, 5.74) is 6.31. The maximum absolute atomic E-state index is 10.1. The normalized spacial score (nSPS) is 12.9. The lowest BCUT2D eigenvalue weighted by Crippen LogP contribution is -2.24. The number of imidazole rings is 1. The van der Waals surface area contributed by atoms with Crippen molar-refractivity contribution in [3.05, 3.63) is 18.2 Å². The van der Waals surface area contributed by atoms with Crippen LogP contribution in [0.3, 0.4) is 0 Å². The minimum Gasteiger partial charge on any atom is -0.321 e.